The van der Waals surface area contributed by atoms with Crippen LogP contribution in [0, 0.1) is 0 Å². The summed E-state index contributed by atoms with van der Waals surface area (Å²) >= 11 is 0. The van der Waals surface area contributed by atoms with Crippen molar-refractivity contribution in [3.8, 4) is 0 Å². The lowest BCUT2D eigenvalue weighted by Crippen LogP contribution is -2.42. The topological polar surface area (TPSA) is 107 Å². The quantitative estimate of drug-likeness (QED) is 0.0614. The molecular formula is C44H60N8O2S2+2. The highest BCUT2D eigenvalue weighted by molar-refractivity contribution is 8.77. The van der Waals surface area contributed by atoms with E-state index in [1.165, 1.54) is 0 Å². The predicted molar refractivity (Wildman–Crippen MR) is 238 cm³/mol. The van der Waals surface area contributed by atoms with E-state index in [1.54, 1.807) is 23.9 Å². The molecule has 0 fully saturated rings. The molecule has 4 aromatic rings. The molecule has 10 nitrogen and oxygen atoms in total. The van der Waals surface area contributed by atoms with Crippen LogP contribution in [-0.4, -0.2) is 86.7 Å². The van der Waals surface area contributed by atoms with Gasteiger partial charge in [0.1, 0.15) is 23.8 Å². The zero-order chi connectivity index (χ0) is 40.5. The fourth-order valence-corrected chi connectivity index (χ4v) is 8.08. The molecule has 0 aliphatic carbocycles. The predicted octanol–water partition coefficient (Wildman–Crippen LogP) is 5.86. The van der Waals surface area contributed by atoms with Gasteiger partial charge < -0.3 is 31.1 Å². The minimum atomic E-state index is -0.822. The molecule has 12 heteroatoms. The number of aryl methyl sites for hydroxylation is 2. The van der Waals surface area contributed by atoms with E-state index in [0.29, 0.717) is 13.1 Å². The lowest BCUT2D eigenvalue weighted by molar-refractivity contribution is -0.695. The number of benzene rings is 2. The summed E-state index contributed by atoms with van der Waals surface area (Å²) in [6.45, 7) is 8.81. The van der Waals surface area contributed by atoms with Crippen molar-refractivity contribution in [2.45, 2.75) is 50.5 Å². The second-order valence-corrected chi connectivity index (χ2v) is 16.3. The minimum Gasteiger partial charge on any atom is -0.375 e. The van der Waals surface area contributed by atoms with Gasteiger partial charge in [0.25, 0.3) is 0 Å². The summed E-state index contributed by atoms with van der Waals surface area (Å²) < 4.78 is 4.41. The Kier molecular flexibility index (Phi) is 18.0. The second kappa shape index (κ2) is 22.8. The number of carbonyl (C=O) groups is 2. The summed E-state index contributed by atoms with van der Waals surface area (Å²) in [6, 6.07) is 29.3. The van der Waals surface area contributed by atoms with Gasteiger partial charge in [-0.1, -0.05) is 45.9 Å². The van der Waals surface area contributed by atoms with E-state index >= 15 is 0 Å². The smallest absolute Gasteiger partial charge is 0.250 e. The standard InChI is InChI=1S/C44H60N8O2S2/c1-7-51-33-11-9-15-39(51)27-21-35-17-23-37(24-18-35)47(3)29-13-31-49(5)43(53)41(45)55-56-42(46)44(54)50(6)32-14-30-48(4)38-25-19-36(20-26-38)22-28-40-16-10-12-34-52(40)8-2/h9-12,15-28,33-34,41-42H,7-8,13-14,29-32,45-46H2,1-6H3/q+2. The Bertz CT molecular complexity index is 1750. The van der Waals surface area contributed by atoms with Crippen molar-refractivity contribution in [1.82, 2.24) is 9.80 Å². The van der Waals surface area contributed by atoms with Crippen molar-refractivity contribution < 1.29 is 18.7 Å². The van der Waals surface area contributed by atoms with Gasteiger partial charge in [-0.3, -0.25) is 9.59 Å². The van der Waals surface area contributed by atoms with Crippen LogP contribution in [0.2, 0.25) is 0 Å². The van der Waals surface area contributed by atoms with Crippen molar-refractivity contribution in [2.75, 3.05) is 64.2 Å². The maximum atomic E-state index is 13.0. The van der Waals surface area contributed by atoms with Crippen LogP contribution in [0.25, 0.3) is 24.3 Å². The number of anilines is 2. The molecule has 2 amide bonds. The zero-order valence-electron chi connectivity index (χ0n) is 33.8. The number of nitrogens with zero attached hydrogens (tertiary/aromatic N) is 6. The Morgan fingerprint density at radius 3 is 1.30 bits per heavy atom. The summed E-state index contributed by atoms with van der Waals surface area (Å²) in [5, 5.41) is -1.64. The SMILES string of the molecule is CC[n+]1ccccc1C=Cc1ccc(N(C)CCCN(C)C(=O)C(N)SSC(N)C(=O)N(C)CCCN(C)c2ccc(C=Cc3cccc[n+]3CC)cc2)cc1. The van der Waals surface area contributed by atoms with Gasteiger partial charge in [0, 0.05) is 102 Å². The average Bonchev–Trinajstić information content (AvgIpc) is 3.23. The molecule has 0 spiro atoms. The van der Waals surface area contributed by atoms with Gasteiger partial charge in [-0.05, 0) is 86.4 Å². The molecule has 2 aromatic heterocycles. The summed E-state index contributed by atoms with van der Waals surface area (Å²) in [5.74, 6) is -0.380. The largest absolute Gasteiger partial charge is 0.375 e. The molecule has 4 rings (SSSR count). The first-order chi connectivity index (χ1) is 27.0. The minimum absolute atomic E-state index is 0.190. The Morgan fingerprint density at radius 1 is 0.571 bits per heavy atom. The zero-order valence-corrected chi connectivity index (χ0v) is 35.5. The van der Waals surface area contributed by atoms with Crippen LogP contribution >= 0.6 is 21.6 Å². The van der Waals surface area contributed by atoms with Crippen LogP contribution in [0.1, 0.15) is 49.2 Å². The molecule has 0 aliphatic heterocycles. The molecule has 0 saturated heterocycles. The maximum absolute atomic E-state index is 13.0. The molecule has 4 N–H and O–H groups in total. The second-order valence-electron chi connectivity index (χ2n) is 13.8. The van der Waals surface area contributed by atoms with Gasteiger partial charge in [0.2, 0.25) is 23.2 Å². The number of nitrogens with two attached hydrogens (primary N) is 2. The van der Waals surface area contributed by atoms with Gasteiger partial charge in [-0.15, -0.1) is 0 Å². The van der Waals surface area contributed by atoms with E-state index in [1.807, 2.05) is 12.1 Å². The molecule has 2 aromatic carbocycles. The normalized spacial score (nSPS) is 12.5. The van der Waals surface area contributed by atoms with Crippen molar-refractivity contribution >= 4 is 69.1 Å². The van der Waals surface area contributed by atoms with Crippen LogP contribution in [0.5, 0.6) is 0 Å². The van der Waals surface area contributed by atoms with E-state index in [4.69, 9.17) is 11.5 Å². The lowest BCUT2D eigenvalue weighted by atomic mass is 10.1. The maximum Gasteiger partial charge on any atom is 0.250 e. The number of carbonyl (C=O) groups excluding carboxylic acids is 2. The number of likely N-dealkylation sites (N-methyl/N-ethyl adjacent to an activating group) is 2. The number of hydrogen-bond acceptors (Lipinski definition) is 8. The highest BCUT2D eigenvalue weighted by Crippen LogP contribution is 2.28. The molecule has 56 heavy (non-hydrogen) atoms. The molecular weight excluding hydrogens is 737 g/mol. The molecule has 2 atom stereocenters. The van der Waals surface area contributed by atoms with Gasteiger partial charge in [0.05, 0.1) is 0 Å². The third-order valence-corrected chi connectivity index (χ3v) is 12.2. The van der Waals surface area contributed by atoms with Crippen molar-refractivity contribution in [1.29, 1.82) is 0 Å². The first kappa shape index (κ1) is 44.1. The van der Waals surface area contributed by atoms with Gasteiger partial charge in [-0.25, -0.2) is 0 Å². The first-order valence-corrected chi connectivity index (χ1v) is 21.6. The summed E-state index contributed by atoms with van der Waals surface area (Å²) in [6.07, 6.45) is 14.3. The highest BCUT2D eigenvalue weighted by Gasteiger charge is 2.24. The molecule has 2 unspecified atom stereocenters. The van der Waals surface area contributed by atoms with E-state index in [2.05, 4.69) is 156 Å². The van der Waals surface area contributed by atoms with E-state index in [0.717, 1.165) is 94.5 Å². The van der Waals surface area contributed by atoms with Crippen LogP contribution in [-0.2, 0) is 22.7 Å². The Balaban J connectivity index is 1.11. The van der Waals surface area contributed by atoms with E-state index in [-0.39, 0.29) is 11.8 Å². The average molecular weight is 797 g/mol. The summed E-state index contributed by atoms with van der Waals surface area (Å²) in [7, 11) is 9.91. The fourth-order valence-electron chi connectivity index (χ4n) is 6.11. The van der Waals surface area contributed by atoms with Crippen molar-refractivity contribution in [3.05, 3.63) is 120 Å². The highest BCUT2D eigenvalue weighted by atomic mass is 33.1. The monoisotopic (exact) mass is 796 g/mol. The molecule has 0 aliphatic rings. The molecule has 0 bridgehead atoms. The van der Waals surface area contributed by atoms with Crippen LogP contribution < -0.4 is 30.4 Å². The molecule has 2 heterocycles. The lowest BCUT2D eigenvalue weighted by Gasteiger charge is -2.25. The molecule has 0 saturated carbocycles. The van der Waals surface area contributed by atoms with Crippen molar-refractivity contribution in [3.63, 3.8) is 0 Å². The van der Waals surface area contributed by atoms with Gasteiger partial charge in [-0.2, -0.15) is 9.13 Å². The van der Waals surface area contributed by atoms with Gasteiger partial charge in [0.15, 0.2) is 12.4 Å². The van der Waals surface area contributed by atoms with E-state index in [9.17, 15) is 9.59 Å². The molecule has 298 valence electrons. The van der Waals surface area contributed by atoms with Crippen LogP contribution in [0.15, 0.2) is 97.3 Å². The van der Waals surface area contributed by atoms with Crippen LogP contribution in [0.3, 0.4) is 0 Å². The Morgan fingerprint density at radius 2 is 0.946 bits per heavy atom. The molecule has 0 radical (unpaired) electrons. The van der Waals surface area contributed by atoms with Crippen LogP contribution in [0.4, 0.5) is 11.4 Å². The van der Waals surface area contributed by atoms with Gasteiger partial charge >= 0.3 is 0 Å². The Hall–Kier alpha value is -4.62. The number of rotatable bonds is 21. The third kappa shape index (κ3) is 13.5. The summed E-state index contributed by atoms with van der Waals surface area (Å²) in [4.78, 5) is 33.7. The third-order valence-electron chi connectivity index (χ3n) is 9.67. The number of aromatic nitrogens is 2. The Labute approximate surface area is 342 Å². The van der Waals surface area contributed by atoms with Crippen molar-refractivity contribution in [2.24, 2.45) is 11.5 Å². The van der Waals surface area contributed by atoms with E-state index < -0.39 is 10.7 Å². The summed E-state index contributed by atoms with van der Waals surface area (Å²) in [5.41, 5.74) is 19.3. The first-order valence-electron chi connectivity index (χ1n) is 19.3. The number of pyridine rings is 2. The fraction of sp³-hybridized carbons (Fsp3) is 0.364. The number of amides is 2. The number of hydrogen-bond donors (Lipinski definition) is 2.